The number of amides is 1. The Morgan fingerprint density at radius 2 is 1.88 bits per heavy atom. The van der Waals surface area contributed by atoms with Crippen LogP contribution in [-0.4, -0.2) is 65.7 Å². The van der Waals surface area contributed by atoms with Crippen LogP contribution in [0.1, 0.15) is 37.7 Å². The van der Waals surface area contributed by atoms with E-state index in [-0.39, 0.29) is 11.8 Å². The minimum absolute atomic E-state index is 0.0107. The molecule has 1 atom stereocenters. The Bertz CT molecular complexity index is 634. The van der Waals surface area contributed by atoms with Crippen molar-refractivity contribution in [3.05, 3.63) is 29.8 Å². The molecule has 3 heterocycles. The van der Waals surface area contributed by atoms with E-state index in [4.69, 9.17) is 4.74 Å². The summed E-state index contributed by atoms with van der Waals surface area (Å²) in [7, 11) is 0. The van der Waals surface area contributed by atoms with Gasteiger partial charge in [-0.2, -0.15) is 0 Å². The van der Waals surface area contributed by atoms with E-state index >= 15 is 0 Å². The summed E-state index contributed by atoms with van der Waals surface area (Å²) in [6.07, 6.45) is 5.38. The molecule has 0 aromatic heterocycles. The largest absolute Gasteiger partial charge is 0.493 e. The van der Waals surface area contributed by atoms with Gasteiger partial charge in [0.1, 0.15) is 5.75 Å². The molecule has 1 N–H and O–H groups in total. The average molecular weight is 358 g/mol. The predicted molar refractivity (Wildman–Crippen MR) is 100 cm³/mol. The van der Waals surface area contributed by atoms with E-state index in [0.717, 1.165) is 43.8 Å². The van der Waals surface area contributed by atoms with Crippen molar-refractivity contribution >= 4 is 5.91 Å². The highest BCUT2D eigenvalue weighted by atomic mass is 16.5. The molecule has 26 heavy (non-hydrogen) atoms. The van der Waals surface area contributed by atoms with E-state index in [0.29, 0.717) is 32.5 Å². The van der Waals surface area contributed by atoms with Crippen LogP contribution in [0, 0.1) is 5.92 Å². The number of rotatable bonds is 3. The van der Waals surface area contributed by atoms with Crippen molar-refractivity contribution in [1.29, 1.82) is 0 Å². The lowest BCUT2D eigenvalue weighted by atomic mass is 9.89. The first-order valence-corrected chi connectivity index (χ1v) is 10.1. The van der Waals surface area contributed by atoms with Gasteiger partial charge in [0.05, 0.1) is 12.2 Å². The summed E-state index contributed by atoms with van der Waals surface area (Å²) in [6.45, 7) is 4.91. The number of β-amino-alcohol motifs (C(OH)–C–C–N with tert-alkyl or cyclic N) is 1. The molecule has 3 aliphatic rings. The molecule has 5 heteroatoms. The number of piperidine rings is 1. The molecule has 1 aromatic carbocycles. The Hall–Kier alpha value is -1.59. The summed E-state index contributed by atoms with van der Waals surface area (Å²) in [4.78, 5) is 17.4. The smallest absolute Gasteiger partial charge is 0.226 e. The molecule has 0 unspecified atom stereocenters. The number of hydrogen-bond acceptors (Lipinski definition) is 4. The molecule has 1 amide bonds. The number of para-hydroxylation sites is 1. The summed E-state index contributed by atoms with van der Waals surface area (Å²) in [5.41, 5.74) is 0.506. The fourth-order valence-corrected chi connectivity index (χ4v) is 4.62. The zero-order chi connectivity index (χ0) is 18.0. The molecule has 0 saturated carbocycles. The number of likely N-dealkylation sites (tertiary alicyclic amines) is 2. The van der Waals surface area contributed by atoms with Gasteiger partial charge in [-0.3, -0.25) is 4.79 Å². The summed E-state index contributed by atoms with van der Waals surface area (Å²) >= 11 is 0. The van der Waals surface area contributed by atoms with Crippen LogP contribution < -0.4 is 4.74 Å². The van der Waals surface area contributed by atoms with Crippen molar-refractivity contribution in [3.63, 3.8) is 0 Å². The Kier molecular flexibility index (Phi) is 5.18. The first-order chi connectivity index (χ1) is 12.6. The Morgan fingerprint density at radius 3 is 2.65 bits per heavy atom. The normalized spacial score (nSPS) is 26.0. The first kappa shape index (κ1) is 17.8. The molecule has 4 rings (SSSR count). The lowest BCUT2D eigenvalue weighted by molar-refractivity contribution is -0.140. The van der Waals surface area contributed by atoms with Gasteiger partial charge < -0.3 is 19.6 Å². The fourth-order valence-electron chi connectivity index (χ4n) is 4.62. The maximum atomic E-state index is 13.0. The van der Waals surface area contributed by atoms with Crippen LogP contribution in [0.3, 0.4) is 0 Å². The molecule has 5 nitrogen and oxygen atoms in total. The summed E-state index contributed by atoms with van der Waals surface area (Å²) in [5, 5.41) is 10.9. The second-order valence-electron chi connectivity index (χ2n) is 8.18. The third-order valence-electron chi connectivity index (χ3n) is 6.23. The van der Waals surface area contributed by atoms with E-state index < -0.39 is 5.60 Å². The van der Waals surface area contributed by atoms with Crippen molar-refractivity contribution in [2.75, 3.05) is 39.3 Å². The number of fused-ring (bicyclic) bond motifs is 1. The van der Waals surface area contributed by atoms with E-state index in [1.165, 1.54) is 12.8 Å². The van der Waals surface area contributed by atoms with Crippen LogP contribution >= 0.6 is 0 Å². The highest BCUT2D eigenvalue weighted by molar-refractivity contribution is 5.79. The van der Waals surface area contributed by atoms with Crippen LogP contribution in [0.4, 0.5) is 0 Å². The summed E-state index contributed by atoms with van der Waals surface area (Å²) in [5.74, 6) is 1.14. The number of ether oxygens (including phenoxy) is 1. The van der Waals surface area contributed by atoms with Gasteiger partial charge in [0.15, 0.2) is 0 Å². The number of nitrogens with zero attached hydrogens (tertiary/aromatic N) is 2. The monoisotopic (exact) mass is 358 g/mol. The molecule has 0 radical (unpaired) electrons. The number of carbonyl (C=O) groups excluding carboxylic acids is 1. The molecule has 2 saturated heterocycles. The third-order valence-corrected chi connectivity index (χ3v) is 6.23. The zero-order valence-corrected chi connectivity index (χ0v) is 15.5. The predicted octanol–water partition coefficient (Wildman–Crippen LogP) is 2.08. The molecule has 0 spiro atoms. The van der Waals surface area contributed by atoms with Gasteiger partial charge in [-0.05, 0) is 63.2 Å². The second kappa shape index (κ2) is 7.57. The number of carbonyl (C=O) groups is 1. The van der Waals surface area contributed by atoms with Crippen LogP contribution in [0.5, 0.6) is 5.75 Å². The van der Waals surface area contributed by atoms with Gasteiger partial charge in [0, 0.05) is 25.6 Å². The van der Waals surface area contributed by atoms with Crippen LogP contribution in [0.25, 0.3) is 0 Å². The maximum Gasteiger partial charge on any atom is 0.226 e. The zero-order valence-electron chi connectivity index (χ0n) is 15.5. The Balaban J connectivity index is 1.34. The van der Waals surface area contributed by atoms with Crippen molar-refractivity contribution < 1.29 is 14.6 Å². The summed E-state index contributed by atoms with van der Waals surface area (Å²) < 4.78 is 5.81. The molecule has 1 aromatic rings. The molecular weight excluding hydrogens is 328 g/mol. The minimum atomic E-state index is -0.625. The molecule has 3 aliphatic heterocycles. The highest BCUT2D eigenvalue weighted by Crippen LogP contribution is 2.30. The maximum absolute atomic E-state index is 13.0. The van der Waals surface area contributed by atoms with Crippen molar-refractivity contribution in [2.45, 2.75) is 44.1 Å². The van der Waals surface area contributed by atoms with Crippen LogP contribution in [0.2, 0.25) is 0 Å². The van der Waals surface area contributed by atoms with Crippen molar-refractivity contribution in [3.8, 4) is 5.75 Å². The average Bonchev–Trinajstić information content (AvgIpc) is 3.04. The van der Waals surface area contributed by atoms with Gasteiger partial charge in [-0.25, -0.2) is 0 Å². The first-order valence-electron chi connectivity index (χ1n) is 10.1. The van der Waals surface area contributed by atoms with Crippen LogP contribution in [-0.2, 0) is 11.2 Å². The van der Waals surface area contributed by atoms with E-state index in [2.05, 4.69) is 11.0 Å². The van der Waals surface area contributed by atoms with Gasteiger partial charge in [0.25, 0.3) is 0 Å². The number of aliphatic hydroxyl groups is 1. The van der Waals surface area contributed by atoms with Gasteiger partial charge in [0.2, 0.25) is 5.91 Å². The molecule has 2 fully saturated rings. The second-order valence-corrected chi connectivity index (χ2v) is 8.18. The number of hydrogen-bond donors (Lipinski definition) is 1. The van der Waals surface area contributed by atoms with Gasteiger partial charge in [-0.1, -0.05) is 18.2 Å². The highest BCUT2D eigenvalue weighted by Gasteiger charge is 2.37. The van der Waals surface area contributed by atoms with Crippen LogP contribution in [0.15, 0.2) is 24.3 Å². The lowest BCUT2D eigenvalue weighted by Gasteiger charge is -2.41. The van der Waals surface area contributed by atoms with E-state index in [1.807, 2.05) is 23.1 Å². The molecule has 0 bridgehead atoms. The molecule has 142 valence electrons. The quantitative estimate of drug-likeness (QED) is 0.899. The van der Waals surface area contributed by atoms with E-state index in [9.17, 15) is 9.90 Å². The number of benzene rings is 1. The fraction of sp³-hybridized carbons (Fsp3) is 0.667. The topological polar surface area (TPSA) is 53.0 Å². The minimum Gasteiger partial charge on any atom is -0.493 e. The van der Waals surface area contributed by atoms with Crippen molar-refractivity contribution in [1.82, 2.24) is 9.80 Å². The van der Waals surface area contributed by atoms with Gasteiger partial charge in [-0.15, -0.1) is 0 Å². The SMILES string of the molecule is O=C([C@@H]1CCOc2ccccc2C1)N1CCC(O)(CN2CCCC2)CC1. The third kappa shape index (κ3) is 3.89. The Morgan fingerprint density at radius 1 is 1.15 bits per heavy atom. The summed E-state index contributed by atoms with van der Waals surface area (Å²) in [6, 6.07) is 8.04. The lowest BCUT2D eigenvalue weighted by Crippen LogP contribution is -2.52. The molecular formula is C21H30N2O3. The van der Waals surface area contributed by atoms with Gasteiger partial charge >= 0.3 is 0 Å². The van der Waals surface area contributed by atoms with E-state index in [1.54, 1.807) is 0 Å². The molecule has 0 aliphatic carbocycles. The van der Waals surface area contributed by atoms with Crippen molar-refractivity contribution in [2.24, 2.45) is 5.92 Å². The standard InChI is InChI=1S/C21H30N2O3/c24-20(18-7-14-26-19-6-2-1-5-17(19)15-18)23-12-8-21(25,9-13-23)16-22-10-3-4-11-22/h1-2,5-6,18,25H,3-4,7-16H2/t18-/m1/s1. The Labute approximate surface area is 155 Å².